The zero-order valence-electron chi connectivity index (χ0n) is 13.5. The first-order valence-electron chi connectivity index (χ1n) is 8.29. The van der Waals surface area contributed by atoms with Gasteiger partial charge in [0.15, 0.2) is 5.78 Å². The summed E-state index contributed by atoms with van der Waals surface area (Å²) in [5.41, 5.74) is 2.97. The smallest absolute Gasteiger partial charge is 0.163 e. The molecule has 0 aromatic heterocycles. The minimum Gasteiger partial charge on any atom is -0.461 e. The molecule has 1 aliphatic heterocycles. The standard InChI is InChI=1S/C21H16Br2O2/c22-15-8-4-13(5-9-15)17-12-20(14-6-10-16(23)11-7-14)25-19-3-1-2-18(24)21(17)19/h4-12,17H,1-3H2. The molecule has 126 valence electrons. The number of halogens is 2. The number of hydrogen-bond donors (Lipinski definition) is 0. The predicted molar refractivity (Wildman–Crippen MR) is 106 cm³/mol. The van der Waals surface area contributed by atoms with Crippen LogP contribution in [-0.2, 0) is 9.53 Å². The molecule has 4 heteroatoms. The average molecular weight is 460 g/mol. The molecule has 0 saturated carbocycles. The summed E-state index contributed by atoms with van der Waals surface area (Å²) in [5, 5.41) is 0. The van der Waals surface area contributed by atoms with Crippen LogP contribution in [0.15, 0.2) is 74.9 Å². The maximum absolute atomic E-state index is 12.6. The minimum atomic E-state index is -0.0525. The van der Waals surface area contributed by atoms with Gasteiger partial charge < -0.3 is 4.74 Å². The second-order valence-corrected chi connectivity index (χ2v) is 8.11. The normalized spacial score (nSPS) is 20.0. The highest BCUT2D eigenvalue weighted by Crippen LogP contribution is 2.42. The van der Waals surface area contributed by atoms with E-state index in [4.69, 9.17) is 4.74 Å². The van der Waals surface area contributed by atoms with E-state index in [1.54, 1.807) is 0 Å². The molecular formula is C21H16Br2O2. The fourth-order valence-electron chi connectivity index (χ4n) is 3.39. The second-order valence-electron chi connectivity index (χ2n) is 6.28. The highest BCUT2D eigenvalue weighted by Gasteiger charge is 2.33. The summed E-state index contributed by atoms with van der Waals surface area (Å²) in [7, 11) is 0. The molecule has 2 aromatic carbocycles. The van der Waals surface area contributed by atoms with E-state index in [0.29, 0.717) is 6.42 Å². The van der Waals surface area contributed by atoms with Crippen LogP contribution >= 0.6 is 31.9 Å². The third-order valence-corrected chi connectivity index (χ3v) is 5.69. The summed E-state index contributed by atoms with van der Waals surface area (Å²) in [6.45, 7) is 0. The molecule has 1 unspecified atom stereocenters. The van der Waals surface area contributed by atoms with Crippen LogP contribution in [0.5, 0.6) is 0 Å². The van der Waals surface area contributed by atoms with Gasteiger partial charge in [0.05, 0.1) is 0 Å². The van der Waals surface area contributed by atoms with Crippen LogP contribution in [0.3, 0.4) is 0 Å². The molecule has 1 aliphatic carbocycles. The molecule has 0 amide bonds. The largest absolute Gasteiger partial charge is 0.461 e. The fourth-order valence-corrected chi connectivity index (χ4v) is 3.92. The summed E-state index contributed by atoms with van der Waals surface area (Å²) < 4.78 is 8.22. The zero-order chi connectivity index (χ0) is 17.4. The Labute approximate surface area is 163 Å². The first-order valence-corrected chi connectivity index (χ1v) is 9.88. The number of ketones is 1. The lowest BCUT2D eigenvalue weighted by atomic mass is 9.81. The number of carbonyl (C=O) groups excluding carboxylic acids is 1. The van der Waals surface area contributed by atoms with Crippen molar-refractivity contribution >= 4 is 43.4 Å². The summed E-state index contributed by atoms with van der Waals surface area (Å²) in [4.78, 5) is 12.6. The van der Waals surface area contributed by atoms with Crippen molar-refractivity contribution in [2.75, 3.05) is 0 Å². The van der Waals surface area contributed by atoms with E-state index in [2.05, 4.69) is 50.1 Å². The van der Waals surface area contributed by atoms with Gasteiger partial charge in [-0.25, -0.2) is 0 Å². The molecule has 0 fully saturated rings. The Hall–Kier alpha value is -1.65. The maximum atomic E-state index is 12.6. The molecule has 25 heavy (non-hydrogen) atoms. The van der Waals surface area contributed by atoms with Gasteiger partial charge in [-0.15, -0.1) is 0 Å². The van der Waals surface area contributed by atoms with Gasteiger partial charge in [0, 0.05) is 38.8 Å². The molecule has 0 radical (unpaired) electrons. The fraction of sp³-hybridized carbons (Fsp3) is 0.190. The van der Waals surface area contributed by atoms with Gasteiger partial charge in [0.1, 0.15) is 11.5 Å². The third kappa shape index (κ3) is 3.38. The topological polar surface area (TPSA) is 26.3 Å². The number of hydrogen-bond acceptors (Lipinski definition) is 2. The lowest BCUT2D eigenvalue weighted by Crippen LogP contribution is -2.21. The van der Waals surface area contributed by atoms with E-state index < -0.39 is 0 Å². The summed E-state index contributed by atoms with van der Waals surface area (Å²) in [6, 6.07) is 16.3. The summed E-state index contributed by atoms with van der Waals surface area (Å²) in [6.07, 6.45) is 4.37. The minimum absolute atomic E-state index is 0.0525. The van der Waals surface area contributed by atoms with Crippen molar-refractivity contribution in [1.82, 2.24) is 0 Å². The Balaban J connectivity index is 1.81. The molecule has 0 spiro atoms. The Morgan fingerprint density at radius 2 is 1.52 bits per heavy atom. The highest BCUT2D eigenvalue weighted by molar-refractivity contribution is 9.10. The van der Waals surface area contributed by atoms with Crippen LogP contribution in [0.4, 0.5) is 0 Å². The van der Waals surface area contributed by atoms with E-state index in [0.717, 1.165) is 50.0 Å². The van der Waals surface area contributed by atoms with E-state index in [-0.39, 0.29) is 11.7 Å². The van der Waals surface area contributed by atoms with Crippen molar-refractivity contribution in [3.63, 3.8) is 0 Å². The lowest BCUT2D eigenvalue weighted by molar-refractivity contribution is -0.116. The van der Waals surface area contributed by atoms with Crippen molar-refractivity contribution in [1.29, 1.82) is 0 Å². The third-order valence-electron chi connectivity index (χ3n) is 4.63. The molecule has 0 N–H and O–H groups in total. The number of rotatable bonds is 2. The Kier molecular flexibility index (Phi) is 4.65. The van der Waals surface area contributed by atoms with Gasteiger partial charge in [0.25, 0.3) is 0 Å². The molecule has 0 bridgehead atoms. The van der Waals surface area contributed by atoms with Gasteiger partial charge >= 0.3 is 0 Å². The van der Waals surface area contributed by atoms with Crippen LogP contribution in [0.1, 0.15) is 36.3 Å². The average Bonchev–Trinajstić information content (AvgIpc) is 2.62. The number of Topliss-reactive ketones (excluding diaryl/α,β-unsaturated/α-hetero) is 1. The van der Waals surface area contributed by atoms with Crippen molar-refractivity contribution < 1.29 is 9.53 Å². The molecule has 1 atom stereocenters. The quantitative estimate of drug-likeness (QED) is 0.521. The lowest BCUT2D eigenvalue weighted by Gasteiger charge is -2.30. The van der Waals surface area contributed by atoms with Crippen LogP contribution in [0.2, 0.25) is 0 Å². The number of carbonyl (C=O) groups is 1. The van der Waals surface area contributed by atoms with Crippen LogP contribution in [0, 0.1) is 0 Å². The number of ether oxygens (including phenoxy) is 1. The molecular weight excluding hydrogens is 444 g/mol. The summed E-state index contributed by atoms with van der Waals surface area (Å²) in [5.74, 6) is 1.82. The van der Waals surface area contributed by atoms with E-state index in [9.17, 15) is 4.79 Å². The van der Waals surface area contributed by atoms with Gasteiger partial charge in [-0.2, -0.15) is 0 Å². The molecule has 1 heterocycles. The second kappa shape index (κ2) is 6.93. The van der Waals surface area contributed by atoms with Crippen LogP contribution < -0.4 is 0 Å². The molecule has 2 aromatic rings. The van der Waals surface area contributed by atoms with E-state index in [1.807, 2.05) is 36.4 Å². The summed E-state index contributed by atoms with van der Waals surface area (Å²) >= 11 is 6.95. The monoisotopic (exact) mass is 458 g/mol. The van der Waals surface area contributed by atoms with Crippen molar-refractivity contribution in [2.24, 2.45) is 0 Å². The van der Waals surface area contributed by atoms with E-state index >= 15 is 0 Å². The first kappa shape index (κ1) is 16.8. The Morgan fingerprint density at radius 3 is 2.20 bits per heavy atom. The van der Waals surface area contributed by atoms with Gasteiger partial charge in [-0.3, -0.25) is 4.79 Å². The molecule has 0 saturated heterocycles. The molecule has 2 nitrogen and oxygen atoms in total. The zero-order valence-corrected chi connectivity index (χ0v) is 16.6. The van der Waals surface area contributed by atoms with Gasteiger partial charge in [-0.05, 0) is 42.3 Å². The van der Waals surface area contributed by atoms with Crippen molar-refractivity contribution in [3.05, 3.63) is 86.0 Å². The predicted octanol–water partition coefficient (Wildman–Crippen LogP) is 6.37. The molecule has 4 rings (SSSR count). The van der Waals surface area contributed by atoms with Crippen molar-refractivity contribution in [3.8, 4) is 0 Å². The first-order chi connectivity index (χ1) is 12.1. The van der Waals surface area contributed by atoms with Gasteiger partial charge in [0.2, 0.25) is 0 Å². The van der Waals surface area contributed by atoms with Crippen LogP contribution in [0.25, 0.3) is 5.76 Å². The van der Waals surface area contributed by atoms with Crippen molar-refractivity contribution in [2.45, 2.75) is 25.2 Å². The highest BCUT2D eigenvalue weighted by atomic mass is 79.9. The van der Waals surface area contributed by atoms with E-state index in [1.165, 1.54) is 0 Å². The SMILES string of the molecule is O=C1CCCC2=C1C(c1ccc(Br)cc1)C=C(c1ccc(Br)cc1)O2. The Morgan fingerprint density at radius 1 is 0.880 bits per heavy atom. The van der Waals surface area contributed by atoms with Crippen LogP contribution in [-0.4, -0.2) is 5.78 Å². The molecule has 2 aliphatic rings. The van der Waals surface area contributed by atoms with Gasteiger partial charge in [-0.1, -0.05) is 56.1 Å². The number of benzene rings is 2. The Bertz CT molecular complexity index is 877. The number of allylic oxidation sites excluding steroid dienone is 3. The maximum Gasteiger partial charge on any atom is 0.163 e.